The third kappa shape index (κ3) is 3.41. The van der Waals surface area contributed by atoms with Gasteiger partial charge in [0.05, 0.1) is 42.6 Å². The molecule has 1 aliphatic heterocycles. The van der Waals surface area contributed by atoms with E-state index in [1.54, 1.807) is 19.4 Å². The van der Waals surface area contributed by atoms with Crippen LogP contribution in [0, 0.1) is 5.82 Å². The van der Waals surface area contributed by atoms with Crippen LogP contribution < -0.4 is 20.8 Å². The van der Waals surface area contributed by atoms with E-state index in [9.17, 15) is 9.18 Å². The smallest absolute Gasteiger partial charge is 0.212 e. The number of rotatable bonds is 4. The van der Waals surface area contributed by atoms with Gasteiger partial charge in [-0.1, -0.05) is 12.1 Å². The molecule has 3 aromatic rings. The van der Waals surface area contributed by atoms with Gasteiger partial charge in [-0.3, -0.25) is 4.79 Å². The van der Waals surface area contributed by atoms with Crippen molar-refractivity contribution in [1.29, 1.82) is 0 Å². The number of halogens is 1. The van der Waals surface area contributed by atoms with Crippen molar-refractivity contribution >= 4 is 22.3 Å². The molecule has 146 valence electrons. The normalized spacial score (nSPS) is 14.4. The van der Waals surface area contributed by atoms with Gasteiger partial charge < -0.3 is 24.7 Å². The molecular weight excluding hydrogens is 361 g/mol. The van der Waals surface area contributed by atoms with E-state index in [0.29, 0.717) is 44.1 Å². The van der Waals surface area contributed by atoms with E-state index in [2.05, 4.69) is 0 Å². The van der Waals surface area contributed by atoms with Gasteiger partial charge in [0.2, 0.25) is 5.43 Å². The number of hydrogen-bond donors (Lipinski definition) is 1. The predicted molar refractivity (Wildman–Crippen MR) is 108 cm³/mol. The topological polar surface area (TPSA) is 69.7 Å². The van der Waals surface area contributed by atoms with Crippen molar-refractivity contribution in [2.45, 2.75) is 6.54 Å². The Hall–Kier alpha value is -3.06. The Morgan fingerprint density at radius 3 is 2.57 bits per heavy atom. The molecule has 2 aromatic carbocycles. The molecule has 1 aromatic heterocycles. The summed E-state index contributed by atoms with van der Waals surface area (Å²) in [4.78, 5) is 14.4. The fraction of sp³-hybridized carbons (Fsp3) is 0.286. The molecule has 2 N–H and O–H groups in total. The van der Waals surface area contributed by atoms with Crippen molar-refractivity contribution in [3.05, 3.63) is 64.2 Å². The Morgan fingerprint density at radius 1 is 1.18 bits per heavy atom. The molecule has 0 spiro atoms. The lowest BCUT2D eigenvalue weighted by atomic mass is 10.1. The standard InChI is InChI=1S/C21H22FN3O3/c1-27-15-4-2-14(3-5-15)12-25-13-18(23)21(26)16-10-17(22)20(11-19(16)25)24-6-8-28-9-7-24/h2-5,10-11,13H,6-9,12,23H2,1H3. The zero-order valence-electron chi connectivity index (χ0n) is 15.7. The number of morpholine rings is 1. The minimum absolute atomic E-state index is 0.0968. The molecule has 0 bridgehead atoms. The highest BCUT2D eigenvalue weighted by Crippen LogP contribution is 2.27. The number of hydrogen-bond acceptors (Lipinski definition) is 5. The fourth-order valence-electron chi connectivity index (χ4n) is 3.53. The number of nitrogen functional groups attached to an aromatic ring is 1. The molecule has 0 aliphatic carbocycles. The molecule has 2 heterocycles. The Kier molecular flexibility index (Phi) is 4.92. The van der Waals surface area contributed by atoms with Gasteiger partial charge in [0.15, 0.2) is 0 Å². The van der Waals surface area contributed by atoms with Crippen LogP contribution in [0.15, 0.2) is 47.4 Å². The number of aromatic nitrogens is 1. The molecule has 7 heteroatoms. The maximum atomic E-state index is 14.8. The van der Waals surface area contributed by atoms with Crippen LogP contribution in [-0.4, -0.2) is 38.0 Å². The summed E-state index contributed by atoms with van der Waals surface area (Å²) in [6.45, 7) is 2.83. The minimum Gasteiger partial charge on any atom is -0.497 e. The fourth-order valence-corrected chi connectivity index (χ4v) is 3.53. The van der Waals surface area contributed by atoms with Gasteiger partial charge in [-0.2, -0.15) is 0 Å². The van der Waals surface area contributed by atoms with Crippen molar-refractivity contribution in [1.82, 2.24) is 4.57 Å². The van der Waals surface area contributed by atoms with E-state index >= 15 is 0 Å². The Bertz CT molecular complexity index is 1060. The first kappa shape index (κ1) is 18.3. The first-order chi connectivity index (χ1) is 13.6. The lowest BCUT2D eigenvalue weighted by Crippen LogP contribution is -2.36. The highest BCUT2D eigenvalue weighted by molar-refractivity contribution is 5.85. The van der Waals surface area contributed by atoms with Gasteiger partial charge in [-0.15, -0.1) is 0 Å². The third-order valence-electron chi connectivity index (χ3n) is 5.04. The molecule has 4 rings (SSSR count). The minimum atomic E-state index is -0.423. The number of nitrogens with two attached hydrogens (primary N) is 1. The molecule has 0 radical (unpaired) electrons. The molecule has 28 heavy (non-hydrogen) atoms. The number of fused-ring (bicyclic) bond motifs is 1. The SMILES string of the molecule is COc1ccc(Cn2cc(N)c(=O)c3cc(F)c(N4CCOCC4)cc32)cc1. The van der Waals surface area contributed by atoms with Crippen molar-refractivity contribution in [3.63, 3.8) is 0 Å². The summed E-state index contributed by atoms with van der Waals surface area (Å²) in [6, 6.07) is 10.7. The van der Waals surface area contributed by atoms with Crippen LogP contribution in [0.4, 0.5) is 15.8 Å². The van der Waals surface area contributed by atoms with Crippen LogP contribution in [0.25, 0.3) is 10.9 Å². The van der Waals surface area contributed by atoms with Crippen LogP contribution >= 0.6 is 0 Å². The van der Waals surface area contributed by atoms with Gasteiger partial charge in [0, 0.05) is 25.8 Å². The highest BCUT2D eigenvalue weighted by atomic mass is 19.1. The zero-order valence-corrected chi connectivity index (χ0v) is 15.7. The molecular formula is C21H22FN3O3. The second-order valence-corrected chi connectivity index (χ2v) is 6.81. The molecule has 0 amide bonds. The van der Waals surface area contributed by atoms with Gasteiger partial charge in [0.25, 0.3) is 0 Å². The lowest BCUT2D eigenvalue weighted by molar-refractivity contribution is 0.122. The van der Waals surface area contributed by atoms with E-state index in [0.717, 1.165) is 11.3 Å². The maximum Gasteiger partial charge on any atom is 0.212 e. The predicted octanol–water partition coefficient (Wildman–Crippen LogP) is 2.62. The van der Waals surface area contributed by atoms with Crippen LogP contribution in [0.2, 0.25) is 0 Å². The Balaban J connectivity index is 1.81. The van der Waals surface area contributed by atoms with Crippen LogP contribution in [-0.2, 0) is 11.3 Å². The summed E-state index contributed by atoms with van der Waals surface area (Å²) in [5.74, 6) is 0.345. The summed E-state index contributed by atoms with van der Waals surface area (Å²) < 4.78 is 27.2. The van der Waals surface area contributed by atoms with E-state index < -0.39 is 5.82 Å². The molecule has 0 atom stereocenters. The van der Waals surface area contributed by atoms with E-state index in [-0.39, 0.29) is 16.5 Å². The molecule has 1 saturated heterocycles. The molecule has 6 nitrogen and oxygen atoms in total. The van der Waals surface area contributed by atoms with Crippen LogP contribution in [0.5, 0.6) is 5.75 Å². The van der Waals surface area contributed by atoms with Crippen LogP contribution in [0.1, 0.15) is 5.56 Å². The second-order valence-electron chi connectivity index (χ2n) is 6.81. The summed E-state index contributed by atoms with van der Waals surface area (Å²) in [5.41, 5.74) is 7.80. The van der Waals surface area contributed by atoms with E-state index in [4.69, 9.17) is 15.2 Å². The largest absolute Gasteiger partial charge is 0.497 e. The van der Waals surface area contributed by atoms with Crippen molar-refractivity contribution in [3.8, 4) is 5.75 Å². The van der Waals surface area contributed by atoms with Crippen molar-refractivity contribution in [2.24, 2.45) is 0 Å². The molecule has 1 aliphatic rings. The zero-order chi connectivity index (χ0) is 19.7. The summed E-state index contributed by atoms with van der Waals surface area (Å²) in [7, 11) is 1.62. The van der Waals surface area contributed by atoms with Crippen LogP contribution in [0.3, 0.4) is 0 Å². The lowest BCUT2D eigenvalue weighted by Gasteiger charge is -2.29. The first-order valence-electron chi connectivity index (χ1n) is 9.14. The number of ether oxygens (including phenoxy) is 2. The second kappa shape index (κ2) is 7.52. The summed E-state index contributed by atoms with van der Waals surface area (Å²) >= 11 is 0. The van der Waals surface area contributed by atoms with Crippen molar-refractivity contribution in [2.75, 3.05) is 44.0 Å². The third-order valence-corrected chi connectivity index (χ3v) is 5.04. The van der Waals surface area contributed by atoms with Gasteiger partial charge >= 0.3 is 0 Å². The van der Waals surface area contributed by atoms with Gasteiger partial charge in [-0.05, 0) is 29.8 Å². The number of benzene rings is 2. The number of pyridine rings is 1. The average molecular weight is 383 g/mol. The highest BCUT2D eigenvalue weighted by Gasteiger charge is 2.18. The molecule has 1 fully saturated rings. The monoisotopic (exact) mass is 383 g/mol. The number of nitrogens with zero attached hydrogens (tertiary/aromatic N) is 2. The van der Waals surface area contributed by atoms with E-state index in [1.165, 1.54) is 6.07 Å². The maximum absolute atomic E-state index is 14.8. The number of anilines is 2. The van der Waals surface area contributed by atoms with E-state index in [1.807, 2.05) is 33.7 Å². The Labute approximate surface area is 161 Å². The average Bonchev–Trinajstić information content (AvgIpc) is 2.73. The molecule has 0 unspecified atom stereocenters. The number of methoxy groups -OCH3 is 1. The van der Waals surface area contributed by atoms with Crippen molar-refractivity contribution < 1.29 is 13.9 Å². The summed E-state index contributed by atoms with van der Waals surface area (Å²) in [5, 5.41) is 0.281. The first-order valence-corrected chi connectivity index (χ1v) is 9.14. The quantitative estimate of drug-likeness (QED) is 0.750. The van der Waals surface area contributed by atoms with Gasteiger partial charge in [-0.25, -0.2) is 4.39 Å². The summed E-state index contributed by atoms with van der Waals surface area (Å²) in [6.07, 6.45) is 1.62. The van der Waals surface area contributed by atoms with Gasteiger partial charge in [0.1, 0.15) is 11.6 Å². The Morgan fingerprint density at radius 2 is 1.89 bits per heavy atom. The molecule has 0 saturated carbocycles.